The molecule has 7 nitrogen and oxygen atoms in total. The Balaban J connectivity index is 1.58. The highest BCUT2D eigenvalue weighted by atomic mass is 16.2. The van der Waals surface area contributed by atoms with Crippen molar-refractivity contribution in [3.05, 3.63) is 63.1 Å². The van der Waals surface area contributed by atoms with Crippen molar-refractivity contribution in [3.63, 3.8) is 0 Å². The Labute approximate surface area is 195 Å². The van der Waals surface area contributed by atoms with Gasteiger partial charge in [0.2, 0.25) is 5.43 Å². The van der Waals surface area contributed by atoms with Gasteiger partial charge in [0, 0.05) is 56.8 Å². The molecule has 2 amide bonds. The Morgan fingerprint density at radius 3 is 2.33 bits per heavy atom. The molecule has 0 radical (unpaired) electrons. The molecule has 2 aromatic rings. The Morgan fingerprint density at radius 1 is 1.00 bits per heavy atom. The van der Waals surface area contributed by atoms with E-state index in [2.05, 4.69) is 42.3 Å². The second-order valence-corrected chi connectivity index (χ2v) is 9.23. The maximum Gasteiger partial charge on any atom is 0.259 e. The third kappa shape index (κ3) is 4.82. The van der Waals surface area contributed by atoms with Gasteiger partial charge in [-0.15, -0.1) is 0 Å². The number of carbonyl (C=O) groups excluding carboxylic acids is 2. The molecule has 1 N–H and O–H groups in total. The van der Waals surface area contributed by atoms with Crippen LogP contribution < -0.4 is 15.6 Å². The number of aromatic nitrogens is 1. The van der Waals surface area contributed by atoms with Gasteiger partial charge in [-0.05, 0) is 50.8 Å². The lowest BCUT2D eigenvalue weighted by molar-refractivity contribution is 0.0744. The van der Waals surface area contributed by atoms with Crippen molar-refractivity contribution in [1.29, 1.82) is 0 Å². The van der Waals surface area contributed by atoms with Crippen LogP contribution >= 0.6 is 0 Å². The molecule has 0 atom stereocenters. The van der Waals surface area contributed by atoms with E-state index in [0.717, 1.165) is 25.7 Å². The van der Waals surface area contributed by atoms with Gasteiger partial charge in [-0.1, -0.05) is 25.0 Å². The predicted octanol–water partition coefficient (Wildman–Crippen LogP) is 3.29. The van der Waals surface area contributed by atoms with Crippen molar-refractivity contribution in [2.75, 3.05) is 37.6 Å². The number of hydrogen-bond acceptors (Lipinski definition) is 4. The molecule has 2 aliphatic rings. The van der Waals surface area contributed by atoms with Gasteiger partial charge >= 0.3 is 0 Å². The largest absolute Gasteiger partial charge is 0.368 e. The minimum atomic E-state index is -0.475. The van der Waals surface area contributed by atoms with Crippen molar-refractivity contribution in [1.82, 2.24) is 14.8 Å². The second-order valence-electron chi connectivity index (χ2n) is 9.23. The molecule has 2 fully saturated rings. The van der Waals surface area contributed by atoms with Crippen LogP contribution in [0.15, 0.2) is 35.4 Å². The van der Waals surface area contributed by atoms with E-state index in [0.29, 0.717) is 32.7 Å². The Bertz CT molecular complexity index is 1090. The average Bonchev–Trinajstić information content (AvgIpc) is 3.36. The number of nitrogens with one attached hydrogen (secondary N) is 1. The number of carbonyl (C=O) groups is 2. The summed E-state index contributed by atoms with van der Waals surface area (Å²) in [4.78, 5) is 43.3. The number of hydrogen-bond donors (Lipinski definition) is 1. The molecule has 176 valence electrons. The summed E-state index contributed by atoms with van der Waals surface area (Å²) in [5.74, 6) is -0.692. The molecule has 0 bridgehead atoms. The van der Waals surface area contributed by atoms with E-state index in [1.165, 1.54) is 16.8 Å². The Hall–Kier alpha value is -3.09. The van der Waals surface area contributed by atoms with Crippen molar-refractivity contribution in [2.45, 2.75) is 52.5 Å². The number of benzene rings is 1. The number of nitrogens with zero attached hydrogens (tertiary/aromatic N) is 3. The van der Waals surface area contributed by atoms with Crippen LogP contribution in [0.25, 0.3) is 0 Å². The van der Waals surface area contributed by atoms with Gasteiger partial charge < -0.3 is 19.7 Å². The molecule has 1 aliphatic carbocycles. The van der Waals surface area contributed by atoms with Crippen LogP contribution in [-0.4, -0.2) is 54.0 Å². The summed E-state index contributed by atoms with van der Waals surface area (Å²) >= 11 is 0. The molecular formula is C26H34N4O3. The van der Waals surface area contributed by atoms with E-state index < -0.39 is 11.3 Å². The molecule has 2 heterocycles. The number of piperazine rings is 1. The van der Waals surface area contributed by atoms with Crippen LogP contribution in [0, 0.1) is 13.8 Å². The van der Waals surface area contributed by atoms with Crippen molar-refractivity contribution in [2.24, 2.45) is 0 Å². The molecule has 1 saturated heterocycles. The summed E-state index contributed by atoms with van der Waals surface area (Å²) in [7, 11) is 0. The topological polar surface area (TPSA) is 74.7 Å². The summed E-state index contributed by atoms with van der Waals surface area (Å²) in [5.41, 5.74) is 3.31. The number of anilines is 1. The predicted molar refractivity (Wildman–Crippen MR) is 130 cm³/mol. The summed E-state index contributed by atoms with van der Waals surface area (Å²) in [5, 5.41) is 2.72. The third-order valence-corrected chi connectivity index (χ3v) is 6.88. The van der Waals surface area contributed by atoms with Crippen molar-refractivity contribution in [3.8, 4) is 0 Å². The summed E-state index contributed by atoms with van der Waals surface area (Å²) in [6, 6.07) is 6.64. The molecular weight excluding hydrogens is 416 g/mol. The summed E-state index contributed by atoms with van der Waals surface area (Å²) in [6.45, 7) is 8.94. The molecule has 1 aromatic carbocycles. The van der Waals surface area contributed by atoms with Gasteiger partial charge in [-0.2, -0.15) is 0 Å². The number of amides is 2. The molecule has 0 unspecified atom stereocenters. The highest BCUT2D eigenvalue weighted by Crippen LogP contribution is 2.29. The van der Waals surface area contributed by atoms with Gasteiger partial charge in [-0.3, -0.25) is 14.4 Å². The molecule has 1 saturated carbocycles. The second kappa shape index (κ2) is 9.81. The fourth-order valence-electron chi connectivity index (χ4n) is 4.96. The SMILES string of the molecule is CCNC(=O)c1cn(C2CCCC2)cc(C(=O)N2CCN(c3cc(C)ccc3C)CC2)c1=O. The Morgan fingerprint density at radius 2 is 1.67 bits per heavy atom. The first-order chi connectivity index (χ1) is 15.9. The van der Waals surface area contributed by atoms with Gasteiger partial charge in [0.1, 0.15) is 11.1 Å². The van der Waals surface area contributed by atoms with Gasteiger partial charge in [0.05, 0.1) is 0 Å². The first kappa shape index (κ1) is 23.1. The van der Waals surface area contributed by atoms with Gasteiger partial charge in [0.15, 0.2) is 0 Å². The first-order valence-electron chi connectivity index (χ1n) is 12.0. The standard InChI is InChI=1S/C26H34N4O3/c1-4-27-25(32)21-16-30(20-7-5-6-8-20)17-22(24(21)31)26(33)29-13-11-28(12-14-29)23-15-18(2)9-10-19(23)3/h9-10,15-17,20H,4-8,11-14H2,1-3H3,(H,27,32). The highest BCUT2D eigenvalue weighted by molar-refractivity contribution is 5.99. The number of pyridine rings is 1. The smallest absolute Gasteiger partial charge is 0.259 e. The lowest BCUT2D eigenvalue weighted by atomic mass is 10.1. The molecule has 1 aromatic heterocycles. The van der Waals surface area contributed by atoms with Gasteiger partial charge in [-0.25, -0.2) is 0 Å². The Kier molecular flexibility index (Phi) is 6.86. The normalized spacial score (nSPS) is 16.8. The average molecular weight is 451 g/mol. The maximum atomic E-state index is 13.4. The minimum absolute atomic E-state index is 0.0589. The fraction of sp³-hybridized carbons (Fsp3) is 0.500. The minimum Gasteiger partial charge on any atom is -0.368 e. The fourth-order valence-corrected chi connectivity index (χ4v) is 4.96. The quantitative estimate of drug-likeness (QED) is 0.759. The van der Waals surface area contributed by atoms with Crippen LogP contribution in [-0.2, 0) is 0 Å². The first-order valence-corrected chi connectivity index (χ1v) is 12.0. The molecule has 7 heteroatoms. The zero-order valence-corrected chi connectivity index (χ0v) is 19.9. The zero-order chi connectivity index (χ0) is 23.5. The molecule has 33 heavy (non-hydrogen) atoms. The van der Waals surface area contributed by atoms with Crippen molar-refractivity contribution < 1.29 is 9.59 Å². The van der Waals surface area contributed by atoms with E-state index in [1.54, 1.807) is 17.3 Å². The monoisotopic (exact) mass is 450 g/mol. The lowest BCUT2D eigenvalue weighted by Gasteiger charge is -2.37. The molecule has 0 spiro atoms. The van der Waals surface area contributed by atoms with Crippen molar-refractivity contribution >= 4 is 17.5 Å². The van der Waals surface area contributed by atoms with Crippen LogP contribution in [0.4, 0.5) is 5.69 Å². The molecule has 1 aliphatic heterocycles. The van der Waals surface area contributed by atoms with Crippen LogP contribution in [0.5, 0.6) is 0 Å². The van der Waals surface area contributed by atoms with E-state index in [4.69, 9.17) is 0 Å². The lowest BCUT2D eigenvalue weighted by Crippen LogP contribution is -2.50. The summed E-state index contributed by atoms with van der Waals surface area (Å²) < 4.78 is 1.93. The highest BCUT2D eigenvalue weighted by Gasteiger charge is 2.28. The number of aryl methyl sites for hydroxylation is 2. The summed E-state index contributed by atoms with van der Waals surface area (Å²) in [6.07, 6.45) is 7.56. The van der Waals surface area contributed by atoms with E-state index in [-0.39, 0.29) is 23.1 Å². The van der Waals surface area contributed by atoms with E-state index >= 15 is 0 Å². The van der Waals surface area contributed by atoms with Crippen LogP contribution in [0.2, 0.25) is 0 Å². The van der Waals surface area contributed by atoms with Gasteiger partial charge in [0.25, 0.3) is 11.8 Å². The van der Waals surface area contributed by atoms with Crippen LogP contribution in [0.3, 0.4) is 0 Å². The van der Waals surface area contributed by atoms with E-state index in [1.807, 2.05) is 11.5 Å². The molecule has 4 rings (SSSR count). The number of rotatable bonds is 5. The third-order valence-electron chi connectivity index (χ3n) is 6.88. The zero-order valence-electron chi connectivity index (χ0n) is 19.9. The maximum absolute atomic E-state index is 13.4. The van der Waals surface area contributed by atoms with Crippen LogP contribution in [0.1, 0.15) is 70.5 Å². The van der Waals surface area contributed by atoms with E-state index in [9.17, 15) is 14.4 Å².